The Bertz CT molecular complexity index is 1120. The number of para-hydroxylation sites is 1. The maximum absolute atomic E-state index is 14.0. The predicted molar refractivity (Wildman–Crippen MR) is 93.0 cm³/mol. The molecule has 1 N–H and O–H groups in total. The summed E-state index contributed by atoms with van der Waals surface area (Å²) in [6.07, 6.45) is -1.91. The summed E-state index contributed by atoms with van der Waals surface area (Å²) in [6.45, 7) is 0. The van der Waals surface area contributed by atoms with Crippen molar-refractivity contribution in [1.82, 2.24) is 19.7 Å². The van der Waals surface area contributed by atoms with E-state index >= 15 is 0 Å². The predicted octanol–water partition coefficient (Wildman–Crippen LogP) is 4.60. The van der Waals surface area contributed by atoms with E-state index in [0.29, 0.717) is 22.5 Å². The van der Waals surface area contributed by atoms with E-state index in [4.69, 9.17) is 0 Å². The Kier molecular flexibility index (Phi) is 4.30. The lowest BCUT2D eigenvalue weighted by molar-refractivity contribution is -0.274. The monoisotopic (exact) mass is 389 g/mol. The molecule has 142 valence electrons. The molecule has 2 aromatic heterocycles. The smallest absolute Gasteiger partial charge is 0.406 e. The Labute approximate surface area is 155 Å². The molecule has 0 fully saturated rings. The number of anilines is 2. The van der Waals surface area contributed by atoms with Gasteiger partial charge in [-0.15, -0.1) is 18.3 Å². The van der Waals surface area contributed by atoms with Crippen LogP contribution >= 0.6 is 0 Å². The molecule has 10 heteroatoms. The highest BCUT2D eigenvalue weighted by Gasteiger charge is 2.30. The Balaban J connectivity index is 1.63. The van der Waals surface area contributed by atoms with Gasteiger partial charge in [-0.25, -0.2) is 19.0 Å². The van der Waals surface area contributed by atoms with Crippen molar-refractivity contribution >= 4 is 22.5 Å². The maximum atomic E-state index is 14.0. The molecule has 2 heterocycles. The lowest BCUT2D eigenvalue weighted by Crippen LogP contribution is -2.16. The van der Waals surface area contributed by atoms with Gasteiger partial charge in [0.05, 0.1) is 5.39 Å². The fourth-order valence-electron chi connectivity index (χ4n) is 2.58. The Hall–Kier alpha value is -3.69. The van der Waals surface area contributed by atoms with Crippen molar-refractivity contribution in [2.75, 3.05) is 5.32 Å². The van der Waals surface area contributed by atoms with Crippen LogP contribution in [0.4, 0.5) is 29.1 Å². The van der Waals surface area contributed by atoms with Crippen molar-refractivity contribution in [1.29, 1.82) is 0 Å². The van der Waals surface area contributed by atoms with E-state index in [-0.39, 0.29) is 11.4 Å². The van der Waals surface area contributed by atoms with Crippen LogP contribution in [-0.4, -0.2) is 26.1 Å². The zero-order valence-electron chi connectivity index (χ0n) is 14.0. The number of aromatic nitrogens is 4. The number of nitrogens with one attached hydrogen (secondary N) is 1. The molecule has 0 saturated heterocycles. The van der Waals surface area contributed by atoms with E-state index in [0.717, 1.165) is 0 Å². The summed E-state index contributed by atoms with van der Waals surface area (Å²) in [6, 6.07) is 11.3. The first-order chi connectivity index (χ1) is 13.4. The lowest BCUT2D eigenvalue weighted by Gasteiger charge is -2.10. The molecule has 28 heavy (non-hydrogen) atoms. The number of fused-ring (bicyclic) bond motifs is 1. The number of ether oxygens (including phenoxy) is 1. The van der Waals surface area contributed by atoms with Crippen molar-refractivity contribution in [2.24, 2.45) is 0 Å². The van der Waals surface area contributed by atoms with Gasteiger partial charge in [0.2, 0.25) is 0 Å². The van der Waals surface area contributed by atoms with Crippen LogP contribution in [-0.2, 0) is 0 Å². The molecule has 6 nitrogen and oxygen atoms in total. The van der Waals surface area contributed by atoms with Crippen molar-refractivity contribution in [3.05, 3.63) is 66.9 Å². The van der Waals surface area contributed by atoms with Gasteiger partial charge in [0, 0.05) is 11.9 Å². The highest BCUT2D eigenvalue weighted by Crippen LogP contribution is 2.27. The van der Waals surface area contributed by atoms with E-state index in [1.54, 1.807) is 24.4 Å². The fraction of sp³-hybridized carbons (Fsp3) is 0.0556. The molecule has 0 aliphatic heterocycles. The Morgan fingerprint density at radius 3 is 2.43 bits per heavy atom. The summed E-state index contributed by atoms with van der Waals surface area (Å²) >= 11 is 0. The first-order valence-electron chi connectivity index (χ1n) is 7.97. The van der Waals surface area contributed by atoms with Crippen LogP contribution in [0.3, 0.4) is 0 Å². The molecular formula is C18H11F4N5O. The second kappa shape index (κ2) is 6.80. The van der Waals surface area contributed by atoms with Gasteiger partial charge in [0.1, 0.15) is 29.4 Å². The molecule has 0 bridgehead atoms. The van der Waals surface area contributed by atoms with Crippen LogP contribution in [0.15, 0.2) is 61.1 Å². The SMILES string of the molecule is Fc1ccccc1-n1cc2c(Nc3ccc(OC(F)(F)F)cc3)ncnc2n1. The topological polar surface area (TPSA) is 64.9 Å². The van der Waals surface area contributed by atoms with Crippen LogP contribution in [0, 0.1) is 5.82 Å². The molecule has 2 aromatic carbocycles. The van der Waals surface area contributed by atoms with E-state index in [1.807, 2.05) is 0 Å². The number of hydrogen-bond acceptors (Lipinski definition) is 5. The minimum Gasteiger partial charge on any atom is -0.406 e. The first-order valence-corrected chi connectivity index (χ1v) is 7.97. The molecule has 0 atom stereocenters. The van der Waals surface area contributed by atoms with Gasteiger partial charge in [-0.3, -0.25) is 0 Å². The number of alkyl halides is 3. The second-order valence-electron chi connectivity index (χ2n) is 5.68. The molecule has 0 saturated carbocycles. The van der Waals surface area contributed by atoms with Gasteiger partial charge in [-0.05, 0) is 36.4 Å². The summed E-state index contributed by atoms with van der Waals surface area (Å²) in [5.41, 5.74) is 1.06. The molecule has 0 amide bonds. The Morgan fingerprint density at radius 2 is 1.71 bits per heavy atom. The summed E-state index contributed by atoms with van der Waals surface area (Å²) in [5, 5.41) is 7.74. The minimum atomic E-state index is -4.75. The van der Waals surface area contributed by atoms with Crippen molar-refractivity contribution < 1.29 is 22.3 Å². The molecule has 0 unspecified atom stereocenters. The van der Waals surface area contributed by atoms with Crippen LogP contribution in [0.1, 0.15) is 0 Å². The summed E-state index contributed by atoms with van der Waals surface area (Å²) in [4.78, 5) is 8.20. The molecule has 4 aromatic rings. The average molecular weight is 389 g/mol. The van der Waals surface area contributed by atoms with Gasteiger partial charge in [-0.2, -0.15) is 0 Å². The van der Waals surface area contributed by atoms with E-state index in [2.05, 4.69) is 25.1 Å². The molecule has 0 spiro atoms. The van der Waals surface area contributed by atoms with Crippen molar-refractivity contribution in [3.63, 3.8) is 0 Å². The van der Waals surface area contributed by atoms with Gasteiger partial charge < -0.3 is 10.1 Å². The molecular weight excluding hydrogens is 378 g/mol. The second-order valence-corrected chi connectivity index (χ2v) is 5.68. The largest absolute Gasteiger partial charge is 0.573 e. The zero-order chi connectivity index (χ0) is 19.7. The highest BCUT2D eigenvalue weighted by molar-refractivity contribution is 5.88. The van der Waals surface area contributed by atoms with Crippen molar-refractivity contribution in [3.8, 4) is 11.4 Å². The minimum absolute atomic E-state index is 0.250. The fourth-order valence-corrected chi connectivity index (χ4v) is 2.58. The highest BCUT2D eigenvalue weighted by atomic mass is 19.4. The van der Waals surface area contributed by atoms with E-state index in [9.17, 15) is 17.6 Å². The number of nitrogens with zero attached hydrogens (tertiary/aromatic N) is 4. The zero-order valence-corrected chi connectivity index (χ0v) is 14.0. The molecule has 0 aliphatic rings. The number of halogens is 4. The van der Waals surface area contributed by atoms with Gasteiger partial charge in [0.15, 0.2) is 5.65 Å². The number of rotatable bonds is 4. The number of hydrogen-bond donors (Lipinski definition) is 1. The lowest BCUT2D eigenvalue weighted by atomic mass is 10.3. The summed E-state index contributed by atoms with van der Waals surface area (Å²) in [5.74, 6) is -0.409. The van der Waals surface area contributed by atoms with Crippen molar-refractivity contribution in [2.45, 2.75) is 6.36 Å². The molecule has 0 aliphatic carbocycles. The maximum Gasteiger partial charge on any atom is 0.573 e. The first kappa shape index (κ1) is 17.7. The third-order valence-corrected chi connectivity index (χ3v) is 3.77. The van der Waals surface area contributed by atoms with Gasteiger partial charge in [-0.1, -0.05) is 12.1 Å². The van der Waals surface area contributed by atoms with E-state index < -0.39 is 12.2 Å². The summed E-state index contributed by atoms with van der Waals surface area (Å²) < 4.78 is 55.9. The standard InChI is InChI=1S/C18H11F4N5O/c19-14-3-1-2-4-15(14)27-9-13-16(23-10-24-17(13)26-27)25-11-5-7-12(8-6-11)28-18(20,21)22/h1-10H,(H,23,24,25,26). The van der Waals surface area contributed by atoms with Crippen LogP contribution in [0.5, 0.6) is 5.75 Å². The van der Waals surface area contributed by atoms with Gasteiger partial charge >= 0.3 is 6.36 Å². The van der Waals surface area contributed by atoms with Crippen LogP contribution in [0.25, 0.3) is 16.7 Å². The molecule has 0 radical (unpaired) electrons. The molecule has 4 rings (SSSR count). The summed E-state index contributed by atoms with van der Waals surface area (Å²) in [7, 11) is 0. The van der Waals surface area contributed by atoms with Gasteiger partial charge in [0.25, 0.3) is 0 Å². The van der Waals surface area contributed by atoms with E-state index in [1.165, 1.54) is 41.3 Å². The van der Waals surface area contributed by atoms with Crippen LogP contribution < -0.4 is 10.1 Å². The Morgan fingerprint density at radius 1 is 0.964 bits per heavy atom. The third-order valence-electron chi connectivity index (χ3n) is 3.77. The third kappa shape index (κ3) is 3.70. The normalized spacial score (nSPS) is 11.6. The average Bonchev–Trinajstić information content (AvgIpc) is 3.07. The number of benzene rings is 2. The van der Waals surface area contributed by atoms with Crippen LogP contribution in [0.2, 0.25) is 0 Å². The quantitative estimate of drug-likeness (QED) is 0.517.